The third-order valence-corrected chi connectivity index (χ3v) is 4.27. The molecule has 1 aromatic heterocycles. The molecule has 0 aliphatic carbocycles. The number of thiocarbonyl (C=S) groups is 1. The molecule has 0 unspecified atom stereocenters. The summed E-state index contributed by atoms with van der Waals surface area (Å²) in [6.45, 7) is 7.31. The van der Waals surface area contributed by atoms with Gasteiger partial charge < -0.3 is 15.1 Å². The van der Waals surface area contributed by atoms with Crippen LogP contribution in [0.5, 0.6) is 0 Å². The molecule has 20 heavy (non-hydrogen) atoms. The van der Waals surface area contributed by atoms with Crippen molar-refractivity contribution < 1.29 is 4.42 Å². The molecule has 0 spiro atoms. The highest BCUT2D eigenvalue weighted by atomic mass is 32.1. The van der Waals surface area contributed by atoms with Gasteiger partial charge in [0, 0.05) is 18.6 Å². The lowest BCUT2D eigenvalue weighted by Crippen LogP contribution is -2.49. The van der Waals surface area contributed by atoms with Crippen LogP contribution in [0.1, 0.15) is 38.9 Å². The van der Waals surface area contributed by atoms with Crippen LogP contribution in [0.15, 0.2) is 22.8 Å². The summed E-state index contributed by atoms with van der Waals surface area (Å²) in [5, 5.41) is 7.15. The molecule has 0 aromatic carbocycles. The molecule has 4 nitrogen and oxygen atoms in total. The second-order valence-corrected chi connectivity index (χ2v) is 5.98. The predicted octanol–water partition coefficient (Wildman–Crippen LogP) is 2.51. The highest BCUT2D eigenvalue weighted by molar-refractivity contribution is 7.80. The minimum Gasteiger partial charge on any atom is -0.467 e. The smallest absolute Gasteiger partial charge is 0.166 e. The molecular formula is C15H25N3OS. The van der Waals surface area contributed by atoms with Crippen molar-refractivity contribution in [1.82, 2.24) is 15.5 Å². The zero-order chi connectivity index (χ0) is 14.4. The zero-order valence-electron chi connectivity index (χ0n) is 12.4. The van der Waals surface area contributed by atoms with Crippen LogP contribution in [0, 0.1) is 0 Å². The van der Waals surface area contributed by atoms with E-state index in [1.54, 1.807) is 6.26 Å². The molecular weight excluding hydrogens is 270 g/mol. The lowest BCUT2D eigenvalue weighted by molar-refractivity contribution is 0.116. The minimum atomic E-state index is 0.508. The summed E-state index contributed by atoms with van der Waals surface area (Å²) in [7, 11) is 0. The van der Waals surface area contributed by atoms with Crippen LogP contribution in [-0.2, 0) is 6.54 Å². The van der Waals surface area contributed by atoms with Crippen LogP contribution in [0.3, 0.4) is 0 Å². The quantitative estimate of drug-likeness (QED) is 0.817. The molecule has 1 aromatic rings. The molecule has 2 N–H and O–H groups in total. The molecule has 1 aliphatic heterocycles. The molecule has 0 radical (unpaired) electrons. The number of nitrogens with one attached hydrogen (secondary N) is 2. The van der Waals surface area contributed by atoms with E-state index >= 15 is 0 Å². The zero-order valence-corrected chi connectivity index (χ0v) is 13.2. The molecule has 1 fully saturated rings. The highest BCUT2D eigenvalue weighted by Gasteiger charge is 2.22. The largest absolute Gasteiger partial charge is 0.467 e. The van der Waals surface area contributed by atoms with Gasteiger partial charge in [-0.25, -0.2) is 0 Å². The van der Waals surface area contributed by atoms with Gasteiger partial charge in [0.25, 0.3) is 0 Å². The average molecular weight is 295 g/mol. The molecule has 1 saturated heterocycles. The summed E-state index contributed by atoms with van der Waals surface area (Å²) in [5.41, 5.74) is 0. The summed E-state index contributed by atoms with van der Waals surface area (Å²) in [4.78, 5) is 2.58. The maximum Gasteiger partial charge on any atom is 0.166 e. The first-order chi connectivity index (χ1) is 9.66. The maximum absolute atomic E-state index is 5.29. The number of likely N-dealkylation sites (tertiary alicyclic amines) is 1. The van der Waals surface area contributed by atoms with Crippen LogP contribution >= 0.6 is 12.2 Å². The molecule has 0 saturated carbocycles. The van der Waals surface area contributed by atoms with E-state index in [-0.39, 0.29) is 0 Å². The van der Waals surface area contributed by atoms with Crippen molar-refractivity contribution in [1.29, 1.82) is 0 Å². The van der Waals surface area contributed by atoms with Crippen LogP contribution in [0.2, 0.25) is 0 Å². The molecule has 1 aliphatic rings. The number of rotatable bonds is 5. The molecule has 112 valence electrons. The Kier molecular flexibility index (Phi) is 5.86. The molecule has 2 atom stereocenters. The first kappa shape index (κ1) is 15.3. The van der Waals surface area contributed by atoms with Gasteiger partial charge in [-0.05, 0) is 57.6 Å². The van der Waals surface area contributed by atoms with Crippen molar-refractivity contribution in [3.8, 4) is 0 Å². The van der Waals surface area contributed by atoms with Crippen LogP contribution in [-0.4, -0.2) is 35.2 Å². The predicted molar refractivity (Wildman–Crippen MR) is 85.6 cm³/mol. The van der Waals surface area contributed by atoms with Crippen molar-refractivity contribution in [3.05, 3.63) is 24.2 Å². The van der Waals surface area contributed by atoms with Gasteiger partial charge in [-0.1, -0.05) is 6.42 Å². The Morgan fingerprint density at radius 3 is 3.05 bits per heavy atom. The lowest BCUT2D eigenvalue weighted by Gasteiger charge is -2.38. The fourth-order valence-electron chi connectivity index (χ4n) is 2.78. The summed E-state index contributed by atoms with van der Waals surface area (Å²) in [6, 6.07) is 5.01. The van der Waals surface area contributed by atoms with E-state index in [0.29, 0.717) is 23.7 Å². The Balaban J connectivity index is 1.67. The summed E-state index contributed by atoms with van der Waals surface area (Å²) < 4.78 is 5.26. The fraction of sp³-hybridized carbons (Fsp3) is 0.667. The fourth-order valence-corrected chi connectivity index (χ4v) is 2.93. The minimum absolute atomic E-state index is 0.508. The second-order valence-electron chi connectivity index (χ2n) is 5.57. The standard InChI is InChI=1S/C15H25N3OS/c1-12-6-3-4-8-18(12)13(2)10-16-15(20)17-11-14-7-5-9-19-14/h5,7,9,12-13H,3-4,6,8,10-11H2,1-2H3,(H2,16,17,20)/t12-,13+/m1/s1. The van der Waals surface area contributed by atoms with Crippen LogP contribution in [0.25, 0.3) is 0 Å². The van der Waals surface area contributed by atoms with Crippen molar-refractivity contribution >= 4 is 17.3 Å². The molecule has 2 rings (SSSR count). The van der Waals surface area contributed by atoms with E-state index < -0.39 is 0 Å². The third kappa shape index (κ3) is 4.49. The molecule has 5 heteroatoms. The van der Waals surface area contributed by atoms with E-state index in [1.165, 1.54) is 25.8 Å². The van der Waals surface area contributed by atoms with Crippen molar-refractivity contribution in [2.45, 2.75) is 51.7 Å². The van der Waals surface area contributed by atoms with Gasteiger partial charge in [-0.2, -0.15) is 0 Å². The number of furan rings is 1. The maximum atomic E-state index is 5.29. The first-order valence-electron chi connectivity index (χ1n) is 7.46. The summed E-state index contributed by atoms with van der Waals surface area (Å²) in [5.74, 6) is 0.895. The van der Waals surface area contributed by atoms with Gasteiger partial charge in [0.05, 0.1) is 12.8 Å². The Bertz CT molecular complexity index is 407. The number of nitrogens with zero attached hydrogens (tertiary/aromatic N) is 1. The third-order valence-electron chi connectivity index (χ3n) is 3.98. The average Bonchev–Trinajstić information content (AvgIpc) is 2.96. The number of hydrogen-bond acceptors (Lipinski definition) is 3. The Labute approximate surface area is 126 Å². The van der Waals surface area contributed by atoms with Crippen LogP contribution < -0.4 is 10.6 Å². The second kappa shape index (κ2) is 7.64. The van der Waals surface area contributed by atoms with Gasteiger partial charge >= 0.3 is 0 Å². The van der Waals surface area contributed by atoms with E-state index in [9.17, 15) is 0 Å². The first-order valence-corrected chi connectivity index (χ1v) is 7.87. The van der Waals surface area contributed by atoms with E-state index in [0.717, 1.165) is 12.3 Å². The SMILES string of the molecule is C[C@@H]1CCCCN1[C@@H](C)CNC(=S)NCc1ccco1. The molecule has 0 bridgehead atoms. The number of hydrogen-bond donors (Lipinski definition) is 2. The molecule has 0 amide bonds. The topological polar surface area (TPSA) is 40.4 Å². The van der Waals surface area contributed by atoms with Gasteiger partial charge in [0.1, 0.15) is 5.76 Å². The summed E-state index contributed by atoms with van der Waals surface area (Å²) >= 11 is 5.29. The van der Waals surface area contributed by atoms with Crippen LogP contribution in [0.4, 0.5) is 0 Å². The van der Waals surface area contributed by atoms with E-state index in [1.807, 2.05) is 12.1 Å². The van der Waals surface area contributed by atoms with E-state index in [2.05, 4.69) is 29.4 Å². The Hall–Kier alpha value is -1.07. The molecule has 2 heterocycles. The Morgan fingerprint density at radius 2 is 2.35 bits per heavy atom. The van der Waals surface area contributed by atoms with Gasteiger partial charge in [-0.15, -0.1) is 0 Å². The van der Waals surface area contributed by atoms with Crippen molar-refractivity contribution in [2.75, 3.05) is 13.1 Å². The summed E-state index contributed by atoms with van der Waals surface area (Å²) in [6.07, 6.45) is 5.66. The number of piperidine rings is 1. The van der Waals surface area contributed by atoms with Gasteiger partial charge in [0.15, 0.2) is 5.11 Å². The van der Waals surface area contributed by atoms with Gasteiger partial charge in [-0.3, -0.25) is 4.90 Å². The normalized spacial score (nSPS) is 21.4. The monoisotopic (exact) mass is 295 g/mol. The van der Waals surface area contributed by atoms with E-state index in [4.69, 9.17) is 16.6 Å². The van der Waals surface area contributed by atoms with Crippen molar-refractivity contribution in [2.24, 2.45) is 0 Å². The lowest BCUT2D eigenvalue weighted by atomic mass is 10.0. The van der Waals surface area contributed by atoms with Gasteiger partial charge in [0.2, 0.25) is 0 Å². The van der Waals surface area contributed by atoms with Crippen molar-refractivity contribution in [3.63, 3.8) is 0 Å². The Morgan fingerprint density at radius 1 is 1.50 bits per heavy atom. The highest BCUT2D eigenvalue weighted by Crippen LogP contribution is 2.18.